The molecule has 356 valence electrons. The van der Waals surface area contributed by atoms with Crippen LogP contribution in [0.1, 0.15) is 33.4 Å². The van der Waals surface area contributed by atoms with Gasteiger partial charge in [-0.25, -0.2) is 0 Å². The van der Waals surface area contributed by atoms with Crippen molar-refractivity contribution in [2.75, 3.05) is 13.2 Å². The van der Waals surface area contributed by atoms with E-state index in [1.165, 1.54) is 0 Å². The summed E-state index contributed by atoms with van der Waals surface area (Å²) < 4.78 is 46.8. The third-order valence-corrected chi connectivity index (χ3v) is 12.5. The Labute approximate surface area is 403 Å². The molecule has 1 saturated carbocycles. The lowest BCUT2D eigenvalue weighted by molar-refractivity contribution is -0.275. The van der Waals surface area contributed by atoms with Crippen LogP contribution in [0.3, 0.4) is 0 Å². The Balaban J connectivity index is 1.10. The minimum absolute atomic E-state index is 0.0267. The molecule has 8 rings (SSSR count). The van der Waals surface area contributed by atoms with Gasteiger partial charge in [0.25, 0.3) is 0 Å². The van der Waals surface area contributed by atoms with Crippen molar-refractivity contribution in [2.45, 2.75) is 100 Å². The van der Waals surface area contributed by atoms with Crippen molar-refractivity contribution in [3.8, 4) is 0 Å². The number of hydrogen-bond acceptors (Lipinski definition) is 11. The molecule has 1 aliphatic heterocycles. The summed E-state index contributed by atoms with van der Waals surface area (Å²) in [4.78, 5) is 0. The molecule has 68 heavy (non-hydrogen) atoms. The first kappa shape index (κ1) is 49.0. The minimum atomic E-state index is -1.68. The Morgan fingerprint density at radius 1 is 0.471 bits per heavy atom. The summed E-state index contributed by atoms with van der Waals surface area (Å²) in [5.41, 5.74) is 3.88. The maximum atomic E-state index is 11.8. The van der Waals surface area contributed by atoms with Gasteiger partial charge in [0.15, 0.2) is 11.3 Å². The normalized spacial score (nSPS) is 25.7. The molecule has 0 amide bonds. The Bertz CT molecular complexity index is 2380. The Morgan fingerprint density at radius 2 is 0.868 bits per heavy atom. The molecule has 13 heteroatoms. The predicted molar refractivity (Wildman–Crippen MR) is 261 cm³/mol. The lowest BCUT2D eigenvalue weighted by atomic mass is 9.95. The first-order valence-corrected chi connectivity index (χ1v) is 23.4. The van der Waals surface area contributed by atoms with E-state index in [1.807, 2.05) is 182 Å². The average Bonchev–Trinajstić information content (AvgIpc) is 3.55. The van der Waals surface area contributed by atoms with Crippen molar-refractivity contribution in [2.24, 2.45) is 0 Å². The van der Waals surface area contributed by atoms with Crippen LogP contribution in [0.4, 0.5) is 0 Å². The van der Waals surface area contributed by atoms with E-state index in [-0.39, 0.29) is 51.4 Å². The van der Waals surface area contributed by atoms with E-state index < -0.39 is 60.6 Å². The van der Waals surface area contributed by atoms with Gasteiger partial charge in [-0.3, -0.25) is 0 Å². The maximum Gasteiger partial charge on any atom is 0.168 e. The summed E-state index contributed by atoms with van der Waals surface area (Å²) in [6.07, 6.45) is -8.69. The second kappa shape index (κ2) is 24.8. The smallest absolute Gasteiger partial charge is 0.168 e. The van der Waals surface area contributed by atoms with Crippen LogP contribution in [0.5, 0.6) is 0 Å². The van der Waals surface area contributed by atoms with E-state index in [2.05, 4.69) is 10.6 Å². The molecule has 10 atom stereocenters. The van der Waals surface area contributed by atoms with Crippen molar-refractivity contribution in [1.29, 1.82) is 0 Å². The summed E-state index contributed by atoms with van der Waals surface area (Å²) in [5.74, 6) is 0. The van der Waals surface area contributed by atoms with E-state index in [0.29, 0.717) is 6.61 Å². The van der Waals surface area contributed by atoms with E-state index in [9.17, 15) is 15.3 Å². The molecule has 1 saturated heterocycles. The molecule has 1 heterocycles. The van der Waals surface area contributed by atoms with E-state index in [4.69, 9.17) is 45.4 Å². The molecule has 5 N–H and O–H groups in total. The van der Waals surface area contributed by atoms with Crippen molar-refractivity contribution in [1.82, 2.24) is 10.6 Å². The van der Waals surface area contributed by atoms with Gasteiger partial charge < -0.3 is 59.1 Å². The Kier molecular flexibility index (Phi) is 17.9. The Morgan fingerprint density at radius 3 is 1.34 bits per heavy atom. The number of aliphatic hydroxyl groups is 3. The van der Waals surface area contributed by atoms with Crippen LogP contribution in [0.2, 0.25) is 0 Å². The molecule has 2 aliphatic rings. The van der Waals surface area contributed by atoms with Crippen LogP contribution < -0.4 is 10.6 Å². The van der Waals surface area contributed by atoms with Crippen LogP contribution in [-0.2, 0) is 72.8 Å². The molecule has 6 aromatic rings. The molecular formula is C55H60N2O10S. The summed E-state index contributed by atoms with van der Waals surface area (Å²) in [7, 11) is 0. The Hall–Kier alpha value is -5.39. The highest BCUT2D eigenvalue weighted by atomic mass is 32.1. The molecule has 1 aliphatic carbocycles. The lowest BCUT2D eigenvalue weighted by Crippen LogP contribution is -2.67. The molecular weight excluding hydrogens is 881 g/mol. The van der Waals surface area contributed by atoms with Crippen molar-refractivity contribution < 1.29 is 48.5 Å². The molecule has 0 unspecified atom stereocenters. The SMILES string of the molecule is O[C@@H]1[C@H](O)[C@H](O)[C@@](COCc2ccccc2)(OCc2ccccc2)[C@@H]1NC(=S)N[C@H]1O[C@H](COCc2ccccc2)[C@@H](OCc2ccccc2)[C@H](OCc2ccccc2)[C@H]1OCc1ccccc1. The third-order valence-electron chi connectivity index (χ3n) is 12.3. The van der Waals surface area contributed by atoms with Gasteiger partial charge in [-0.1, -0.05) is 182 Å². The molecule has 6 aromatic carbocycles. The highest BCUT2D eigenvalue weighted by Crippen LogP contribution is 2.37. The van der Waals surface area contributed by atoms with Gasteiger partial charge in [-0.15, -0.1) is 0 Å². The zero-order valence-corrected chi connectivity index (χ0v) is 38.6. The number of aliphatic hydroxyl groups excluding tert-OH is 3. The average molecular weight is 941 g/mol. The molecule has 2 fully saturated rings. The lowest BCUT2D eigenvalue weighted by Gasteiger charge is -2.47. The molecule has 12 nitrogen and oxygen atoms in total. The van der Waals surface area contributed by atoms with Gasteiger partial charge in [0.05, 0.1) is 58.9 Å². The van der Waals surface area contributed by atoms with Crippen LogP contribution >= 0.6 is 12.2 Å². The summed E-state index contributed by atoms with van der Waals surface area (Å²) in [6, 6.07) is 57.4. The van der Waals surface area contributed by atoms with Crippen LogP contribution in [0.25, 0.3) is 0 Å². The third kappa shape index (κ3) is 13.0. The van der Waals surface area contributed by atoms with Crippen molar-refractivity contribution >= 4 is 17.3 Å². The van der Waals surface area contributed by atoms with Gasteiger partial charge in [0, 0.05) is 0 Å². The first-order chi connectivity index (χ1) is 33.4. The number of rotatable bonds is 22. The maximum absolute atomic E-state index is 11.8. The van der Waals surface area contributed by atoms with E-state index >= 15 is 0 Å². The number of hydrogen-bond donors (Lipinski definition) is 5. The zero-order chi connectivity index (χ0) is 47.0. The highest BCUT2D eigenvalue weighted by molar-refractivity contribution is 7.80. The standard InChI is InChI=1S/C55H60N2O10S/c58-46-47(59)52(60)55(66-36-44-29-17-6-18-30-44,38-62-32-40-21-9-2-10-22-40)51(46)56-54(68)57-53-50(65-35-43-27-15-5-16-28-43)49(64-34-42-25-13-4-14-26-42)48(63-33-41-23-11-3-12-24-41)45(67-53)37-61-31-39-19-7-1-8-20-39/h1-30,45-53,58-60H,31-38H2,(H2,56,57,68)/t45-,46-,47+,48-,49+,50-,51-,52+,53+,55+/m1/s1. The monoisotopic (exact) mass is 940 g/mol. The van der Waals surface area contributed by atoms with Gasteiger partial charge in [-0.05, 0) is 45.6 Å². The van der Waals surface area contributed by atoms with Crippen LogP contribution in [-0.4, -0.2) is 94.2 Å². The predicted octanol–water partition coefficient (Wildman–Crippen LogP) is 6.79. The molecule has 0 radical (unpaired) electrons. The molecule has 0 spiro atoms. The summed E-state index contributed by atoms with van der Waals surface area (Å²) in [6.45, 7) is 1.18. The largest absolute Gasteiger partial charge is 0.388 e. The number of benzene rings is 6. The first-order valence-electron chi connectivity index (χ1n) is 23.0. The summed E-state index contributed by atoms with van der Waals surface area (Å²) >= 11 is 6.08. The molecule has 0 aromatic heterocycles. The number of nitrogens with one attached hydrogen (secondary N) is 2. The molecule has 0 bridgehead atoms. The number of ether oxygens (including phenoxy) is 7. The highest BCUT2D eigenvalue weighted by Gasteiger charge is 2.62. The van der Waals surface area contributed by atoms with E-state index in [0.717, 1.165) is 33.4 Å². The van der Waals surface area contributed by atoms with E-state index in [1.54, 1.807) is 0 Å². The van der Waals surface area contributed by atoms with Gasteiger partial charge in [0.1, 0.15) is 48.3 Å². The van der Waals surface area contributed by atoms with Crippen LogP contribution in [0.15, 0.2) is 182 Å². The topological polar surface area (TPSA) is 149 Å². The quantitative estimate of drug-likeness (QED) is 0.0456. The fourth-order valence-corrected chi connectivity index (χ4v) is 8.90. The van der Waals surface area contributed by atoms with Gasteiger partial charge >= 0.3 is 0 Å². The second-order valence-corrected chi connectivity index (χ2v) is 17.5. The van der Waals surface area contributed by atoms with Gasteiger partial charge in [-0.2, -0.15) is 0 Å². The number of thiocarbonyl (C=S) groups is 1. The van der Waals surface area contributed by atoms with Crippen molar-refractivity contribution in [3.63, 3.8) is 0 Å². The van der Waals surface area contributed by atoms with Gasteiger partial charge in [0.2, 0.25) is 0 Å². The minimum Gasteiger partial charge on any atom is -0.388 e. The van der Waals surface area contributed by atoms with Crippen molar-refractivity contribution in [3.05, 3.63) is 215 Å². The van der Waals surface area contributed by atoms with Crippen LogP contribution in [0, 0.1) is 0 Å². The fraction of sp³-hybridized carbons (Fsp3) is 0.327. The zero-order valence-electron chi connectivity index (χ0n) is 37.8. The fourth-order valence-electron chi connectivity index (χ4n) is 8.66. The second-order valence-electron chi connectivity index (χ2n) is 17.1. The summed E-state index contributed by atoms with van der Waals surface area (Å²) in [5, 5.41) is 41.5.